The summed E-state index contributed by atoms with van der Waals surface area (Å²) in [7, 11) is 0. The van der Waals surface area contributed by atoms with E-state index >= 15 is 0 Å². The van der Waals surface area contributed by atoms with Crippen molar-refractivity contribution in [3.63, 3.8) is 0 Å². The van der Waals surface area contributed by atoms with Crippen molar-refractivity contribution in [1.82, 2.24) is 4.98 Å². The minimum absolute atomic E-state index is 0.0553. The molecule has 76 valence electrons. The number of pyridine rings is 1. The Kier molecular flexibility index (Phi) is 3.02. The van der Waals surface area contributed by atoms with Gasteiger partial charge in [-0.1, -0.05) is 34.1 Å². The Balaban J connectivity index is 2.57. The highest BCUT2D eigenvalue weighted by atomic mass is 79.9. The van der Waals surface area contributed by atoms with Crippen LogP contribution in [0, 0.1) is 0 Å². The molecule has 0 saturated carbocycles. The lowest BCUT2D eigenvalue weighted by atomic mass is 10.1. The van der Waals surface area contributed by atoms with E-state index in [1.807, 2.05) is 30.4 Å². The summed E-state index contributed by atoms with van der Waals surface area (Å²) in [5.74, 6) is 0. The molecule has 0 bridgehead atoms. The first-order chi connectivity index (χ1) is 7.31. The van der Waals surface area contributed by atoms with E-state index in [2.05, 4.69) is 20.9 Å². The van der Waals surface area contributed by atoms with Gasteiger partial charge in [0.05, 0.1) is 0 Å². The largest absolute Gasteiger partial charge is 0.361 e. The minimum atomic E-state index is 0.0553. The smallest absolute Gasteiger partial charge is 0.189 e. The van der Waals surface area contributed by atoms with Crippen molar-refractivity contribution in [3.8, 4) is 0 Å². The second-order valence-electron chi connectivity index (χ2n) is 3.20. The number of aromatic nitrogens is 1. The molecule has 0 aliphatic heterocycles. The molecule has 2 rings (SSSR count). The molecule has 0 fully saturated rings. The van der Waals surface area contributed by atoms with Gasteiger partial charge in [0.1, 0.15) is 0 Å². The third-order valence-corrected chi connectivity index (χ3v) is 2.56. The van der Waals surface area contributed by atoms with Crippen molar-refractivity contribution in [2.75, 3.05) is 5.33 Å². The summed E-state index contributed by atoms with van der Waals surface area (Å²) in [5, 5.41) is 1.56. The van der Waals surface area contributed by atoms with Gasteiger partial charge in [0.2, 0.25) is 0 Å². The first-order valence-corrected chi connectivity index (χ1v) is 5.77. The number of nitrogens with one attached hydrogen (secondary N) is 1. The van der Waals surface area contributed by atoms with Crippen LogP contribution in [0.15, 0.2) is 41.3 Å². The average molecular weight is 264 g/mol. The molecule has 0 aliphatic carbocycles. The lowest BCUT2D eigenvalue weighted by Crippen LogP contribution is -1.99. The number of halogens is 1. The SMILES string of the molecule is O=c1cc[nH]c2cc(C=CCBr)ccc12. The lowest BCUT2D eigenvalue weighted by molar-refractivity contribution is 1.39. The van der Waals surface area contributed by atoms with Gasteiger partial charge in [0, 0.05) is 28.5 Å². The summed E-state index contributed by atoms with van der Waals surface area (Å²) in [4.78, 5) is 14.5. The van der Waals surface area contributed by atoms with Gasteiger partial charge in [-0.05, 0) is 17.7 Å². The molecule has 0 saturated heterocycles. The van der Waals surface area contributed by atoms with Crippen LogP contribution >= 0.6 is 15.9 Å². The van der Waals surface area contributed by atoms with Gasteiger partial charge in [-0.3, -0.25) is 4.79 Å². The van der Waals surface area contributed by atoms with Gasteiger partial charge in [0.25, 0.3) is 0 Å². The van der Waals surface area contributed by atoms with E-state index in [0.717, 1.165) is 21.8 Å². The van der Waals surface area contributed by atoms with E-state index < -0.39 is 0 Å². The fourth-order valence-corrected chi connectivity index (χ4v) is 1.66. The van der Waals surface area contributed by atoms with Crippen molar-refractivity contribution in [3.05, 3.63) is 52.3 Å². The van der Waals surface area contributed by atoms with Gasteiger partial charge in [0.15, 0.2) is 5.43 Å². The van der Waals surface area contributed by atoms with Crippen molar-refractivity contribution in [2.24, 2.45) is 0 Å². The molecule has 1 aromatic heterocycles. The molecule has 0 amide bonds. The topological polar surface area (TPSA) is 32.9 Å². The number of H-pyrrole nitrogens is 1. The van der Waals surface area contributed by atoms with Crippen LogP contribution in [0.3, 0.4) is 0 Å². The van der Waals surface area contributed by atoms with Crippen LogP contribution in [0.25, 0.3) is 17.0 Å². The van der Waals surface area contributed by atoms with E-state index in [0.29, 0.717) is 0 Å². The molecule has 0 atom stereocenters. The van der Waals surface area contributed by atoms with Crippen LogP contribution in [0.5, 0.6) is 0 Å². The second kappa shape index (κ2) is 4.45. The van der Waals surface area contributed by atoms with Crippen LogP contribution in [0.1, 0.15) is 5.56 Å². The second-order valence-corrected chi connectivity index (χ2v) is 3.85. The molecule has 0 radical (unpaired) electrons. The molecular formula is C12H10BrNO. The minimum Gasteiger partial charge on any atom is -0.361 e. The van der Waals surface area contributed by atoms with Gasteiger partial charge in [-0.15, -0.1) is 0 Å². The number of aromatic amines is 1. The number of fused-ring (bicyclic) bond motifs is 1. The first kappa shape index (κ1) is 10.2. The summed E-state index contributed by atoms with van der Waals surface area (Å²) in [6.45, 7) is 0. The zero-order valence-electron chi connectivity index (χ0n) is 8.03. The first-order valence-electron chi connectivity index (χ1n) is 4.65. The molecule has 1 N–H and O–H groups in total. The normalized spacial score (nSPS) is 11.3. The average Bonchev–Trinajstić information content (AvgIpc) is 2.26. The lowest BCUT2D eigenvalue weighted by Gasteiger charge is -1.98. The van der Waals surface area contributed by atoms with E-state index in [1.165, 1.54) is 6.07 Å². The maximum absolute atomic E-state index is 11.5. The van der Waals surface area contributed by atoms with Gasteiger partial charge < -0.3 is 4.98 Å². The molecule has 2 aromatic rings. The number of hydrogen-bond donors (Lipinski definition) is 1. The fourth-order valence-electron chi connectivity index (χ4n) is 1.48. The van der Waals surface area contributed by atoms with Crippen LogP contribution in [0.2, 0.25) is 0 Å². The molecule has 0 aliphatic rings. The van der Waals surface area contributed by atoms with Crippen LogP contribution in [-0.4, -0.2) is 10.3 Å². The van der Waals surface area contributed by atoms with E-state index in [1.54, 1.807) is 6.20 Å². The third-order valence-electron chi connectivity index (χ3n) is 2.18. The highest BCUT2D eigenvalue weighted by molar-refractivity contribution is 9.09. The Morgan fingerprint density at radius 1 is 1.33 bits per heavy atom. The molecule has 0 spiro atoms. The Hall–Kier alpha value is -1.35. The zero-order chi connectivity index (χ0) is 10.7. The zero-order valence-corrected chi connectivity index (χ0v) is 9.62. The van der Waals surface area contributed by atoms with Crippen LogP contribution < -0.4 is 5.43 Å². The number of rotatable bonds is 2. The maximum atomic E-state index is 11.5. The predicted molar refractivity (Wildman–Crippen MR) is 67.4 cm³/mol. The monoisotopic (exact) mass is 263 g/mol. The molecule has 1 heterocycles. The third kappa shape index (κ3) is 2.18. The highest BCUT2D eigenvalue weighted by Crippen LogP contribution is 2.11. The Morgan fingerprint density at radius 3 is 3.00 bits per heavy atom. The van der Waals surface area contributed by atoms with Crippen molar-refractivity contribution < 1.29 is 0 Å². The highest BCUT2D eigenvalue weighted by Gasteiger charge is 1.97. The van der Waals surface area contributed by atoms with Crippen molar-refractivity contribution in [1.29, 1.82) is 0 Å². The van der Waals surface area contributed by atoms with Crippen LogP contribution in [-0.2, 0) is 0 Å². The number of hydrogen-bond acceptors (Lipinski definition) is 1. The van der Waals surface area contributed by atoms with Crippen molar-refractivity contribution in [2.45, 2.75) is 0 Å². The predicted octanol–water partition coefficient (Wildman–Crippen LogP) is 2.94. The number of benzene rings is 1. The summed E-state index contributed by atoms with van der Waals surface area (Å²) >= 11 is 3.32. The van der Waals surface area contributed by atoms with Gasteiger partial charge in [-0.25, -0.2) is 0 Å². The fraction of sp³-hybridized carbons (Fsp3) is 0.0833. The van der Waals surface area contributed by atoms with Crippen LogP contribution in [0.4, 0.5) is 0 Å². The molecule has 1 aromatic carbocycles. The Bertz CT molecular complexity index is 557. The molecule has 3 heteroatoms. The van der Waals surface area contributed by atoms with Gasteiger partial charge >= 0.3 is 0 Å². The molecular weight excluding hydrogens is 254 g/mol. The van der Waals surface area contributed by atoms with E-state index in [4.69, 9.17) is 0 Å². The Labute approximate surface area is 95.8 Å². The standard InChI is InChI=1S/C12H10BrNO/c13-6-1-2-9-3-4-10-11(8-9)14-7-5-12(10)15/h1-5,7-8H,6H2,(H,14,15). The Morgan fingerprint density at radius 2 is 2.20 bits per heavy atom. The quantitative estimate of drug-likeness (QED) is 0.831. The van der Waals surface area contributed by atoms with E-state index in [9.17, 15) is 4.79 Å². The summed E-state index contributed by atoms with van der Waals surface area (Å²) < 4.78 is 0. The van der Waals surface area contributed by atoms with E-state index in [-0.39, 0.29) is 5.43 Å². The summed E-state index contributed by atoms with van der Waals surface area (Å²) in [5.41, 5.74) is 2.02. The molecule has 15 heavy (non-hydrogen) atoms. The van der Waals surface area contributed by atoms with Crippen molar-refractivity contribution >= 4 is 32.9 Å². The number of alkyl halides is 1. The summed E-state index contributed by atoms with van der Waals surface area (Å²) in [6.07, 6.45) is 5.70. The number of allylic oxidation sites excluding steroid dienone is 1. The van der Waals surface area contributed by atoms with Gasteiger partial charge in [-0.2, -0.15) is 0 Å². The molecule has 0 unspecified atom stereocenters. The molecule has 2 nitrogen and oxygen atoms in total. The summed E-state index contributed by atoms with van der Waals surface area (Å²) in [6, 6.07) is 7.30. The maximum Gasteiger partial charge on any atom is 0.189 e.